The maximum absolute atomic E-state index is 14.8. The van der Waals surface area contributed by atoms with Gasteiger partial charge in [-0.3, -0.25) is 9.79 Å². The first kappa shape index (κ1) is 21.2. The van der Waals surface area contributed by atoms with Crippen LogP contribution in [0.3, 0.4) is 0 Å². The third kappa shape index (κ3) is 3.70. The van der Waals surface area contributed by atoms with Crippen molar-refractivity contribution in [1.29, 1.82) is 0 Å². The number of anilines is 1. The number of nitrogens with zero attached hydrogens (tertiary/aromatic N) is 2. The van der Waals surface area contributed by atoms with Gasteiger partial charge in [-0.05, 0) is 32.0 Å². The van der Waals surface area contributed by atoms with Crippen molar-refractivity contribution in [1.82, 2.24) is 4.98 Å². The number of halogens is 5. The summed E-state index contributed by atoms with van der Waals surface area (Å²) in [6, 6.07) is 3.04. The van der Waals surface area contributed by atoms with Gasteiger partial charge >= 0.3 is 0 Å². The van der Waals surface area contributed by atoms with Crippen LogP contribution in [-0.2, 0) is 12.2 Å². The summed E-state index contributed by atoms with van der Waals surface area (Å²) >= 11 is 0.899. The smallest absolute Gasteiger partial charge is 0.284 e. The van der Waals surface area contributed by atoms with Gasteiger partial charge in [-0.25, -0.2) is 26.9 Å². The molecule has 0 spiro atoms. The third-order valence-electron chi connectivity index (χ3n) is 4.78. The molecule has 0 unspecified atom stereocenters. The van der Waals surface area contributed by atoms with Crippen molar-refractivity contribution >= 4 is 28.8 Å². The minimum atomic E-state index is -3.76. The molecule has 2 aromatic rings. The lowest BCUT2D eigenvalue weighted by Gasteiger charge is -2.42. The number of carbonyl (C=O) groups excluding carboxylic acids is 1. The summed E-state index contributed by atoms with van der Waals surface area (Å²) in [6.45, 7) is 0.990. The van der Waals surface area contributed by atoms with Gasteiger partial charge in [0.15, 0.2) is 16.2 Å². The summed E-state index contributed by atoms with van der Waals surface area (Å²) in [5.74, 6) is -6.15. The van der Waals surface area contributed by atoms with Crippen LogP contribution in [0.5, 0.6) is 0 Å². The van der Waals surface area contributed by atoms with Gasteiger partial charge in [-0.15, -0.1) is 11.3 Å². The number of aliphatic imine (C=N–C) groups is 1. The van der Waals surface area contributed by atoms with E-state index in [0.29, 0.717) is 0 Å². The molecule has 0 bridgehead atoms. The molecule has 3 rings (SSSR count). The van der Waals surface area contributed by atoms with Gasteiger partial charge < -0.3 is 11.1 Å². The van der Waals surface area contributed by atoms with Crippen LogP contribution < -0.4 is 11.1 Å². The van der Waals surface area contributed by atoms with E-state index in [1.807, 2.05) is 0 Å². The fourth-order valence-corrected chi connectivity index (χ4v) is 3.70. The minimum Gasteiger partial charge on any atom is -0.385 e. The molecule has 5 nitrogen and oxygen atoms in total. The molecule has 3 N–H and O–H groups in total. The molecular weight excluding hydrogens is 415 g/mol. The number of rotatable bonds is 4. The van der Waals surface area contributed by atoms with E-state index in [1.165, 1.54) is 5.38 Å². The molecule has 0 aliphatic carbocycles. The zero-order valence-electron chi connectivity index (χ0n) is 15.4. The highest BCUT2D eigenvalue weighted by Crippen LogP contribution is 2.50. The van der Waals surface area contributed by atoms with E-state index in [1.54, 1.807) is 0 Å². The Hall–Kier alpha value is -2.56. The zero-order chi connectivity index (χ0) is 21.6. The number of amides is 1. The molecule has 2 atom stereocenters. The van der Waals surface area contributed by atoms with Gasteiger partial charge in [-0.2, -0.15) is 0 Å². The maximum atomic E-state index is 14.8. The normalized spacial score (nSPS) is 26.1. The van der Waals surface area contributed by atoms with Crippen molar-refractivity contribution in [3.8, 4) is 0 Å². The molecule has 0 saturated carbocycles. The Labute approximate surface area is 166 Å². The highest BCUT2D eigenvalue weighted by Gasteiger charge is 2.60. The molecule has 0 radical (unpaired) electrons. The molecule has 2 heterocycles. The molecule has 1 aliphatic heterocycles. The molecule has 1 aliphatic rings. The van der Waals surface area contributed by atoms with Crippen molar-refractivity contribution in [2.45, 2.75) is 44.1 Å². The fourth-order valence-electron chi connectivity index (χ4n) is 3.01. The van der Waals surface area contributed by atoms with E-state index in [0.717, 1.165) is 43.4 Å². The number of aromatic nitrogens is 1. The van der Waals surface area contributed by atoms with Crippen LogP contribution in [0.25, 0.3) is 0 Å². The van der Waals surface area contributed by atoms with Gasteiger partial charge in [0.05, 0.1) is 12.1 Å². The van der Waals surface area contributed by atoms with E-state index in [4.69, 9.17) is 5.73 Å². The first-order chi connectivity index (χ1) is 13.4. The predicted octanol–water partition coefficient (Wildman–Crippen LogP) is 4.34. The van der Waals surface area contributed by atoms with Crippen molar-refractivity contribution in [3.05, 3.63) is 45.7 Å². The van der Waals surface area contributed by atoms with Crippen LogP contribution in [0.4, 0.5) is 27.6 Å². The lowest BCUT2D eigenvalue weighted by Crippen LogP contribution is -2.56. The number of carbonyl (C=O) groups is 1. The third-order valence-corrected chi connectivity index (χ3v) is 5.67. The minimum absolute atomic E-state index is 0.0113. The topological polar surface area (TPSA) is 80.4 Å². The number of nitrogens with two attached hydrogens (primary N) is 1. The lowest BCUT2D eigenvalue weighted by molar-refractivity contribution is -0.106. The second kappa shape index (κ2) is 7.05. The van der Waals surface area contributed by atoms with E-state index in [9.17, 15) is 26.7 Å². The molecule has 1 aromatic heterocycles. The standard InChI is InChI=1S/C18H17F5N4OS/c1-16(21)8-18(22,23)17(2,27-15(16)24)11-5-9(3-4-12(11)20)25-13(28)14-26-10(6-19)7-29-14/h3-5,7H,6,8H2,1-2H3,(H2,24,27)(H,25,28)/t16-,17-/m1/s1. The molecule has 0 saturated heterocycles. The van der Waals surface area contributed by atoms with Crippen LogP contribution in [0.1, 0.15) is 41.3 Å². The van der Waals surface area contributed by atoms with Crippen molar-refractivity contribution < 1.29 is 26.7 Å². The summed E-state index contributed by atoms with van der Waals surface area (Å²) in [4.78, 5) is 19.6. The summed E-state index contributed by atoms with van der Waals surface area (Å²) in [5, 5.41) is 3.71. The average Bonchev–Trinajstić information content (AvgIpc) is 3.10. The maximum Gasteiger partial charge on any atom is 0.284 e. The van der Waals surface area contributed by atoms with Gasteiger partial charge in [0, 0.05) is 16.6 Å². The predicted molar refractivity (Wildman–Crippen MR) is 99.3 cm³/mol. The van der Waals surface area contributed by atoms with Crippen molar-refractivity contribution in [2.24, 2.45) is 10.7 Å². The Morgan fingerprint density at radius 1 is 1.31 bits per heavy atom. The average molecular weight is 432 g/mol. The Morgan fingerprint density at radius 2 is 2.00 bits per heavy atom. The van der Waals surface area contributed by atoms with E-state index < -0.39 is 53.3 Å². The summed E-state index contributed by atoms with van der Waals surface area (Å²) < 4.78 is 70.9. The molecule has 11 heteroatoms. The number of alkyl halides is 4. The highest BCUT2D eigenvalue weighted by atomic mass is 32.1. The Bertz CT molecular complexity index is 990. The Kier molecular flexibility index (Phi) is 5.14. The van der Waals surface area contributed by atoms with Gasteiger partial charge in [0.25, 0.3) is 11.8 Å². The number of hydrogen-bond donors (Lipinski definition) is 2. The first-order valence-corrected chi connectivity index (χ1v) is 9.32. The monoisotopic (exact) mass is 432 g/mol. The number of hydrogen-bond acceptors (Lipinski definition) is 5. The quantitative estimate of drug-likeness (QED) is 0.706. The van der Waals surface area contributed by atoms with Crippen LogP contribution in [0, 0.1) is 5.82 Å². The summed E-state index contributed by atoms with van der Waals surface area (Å²) in [7, 11) is 0. The Balaban J connectivity index is 1.99. The fraction of sp³-hybridized carbons (Fsp3) is 0.389. The molecule has 1 aromatic carbocycles. The van der Waals surface area contributed by atoms with E-state index in [-0.39, 0.29) is 16.4 Å². The lowest BCUT2D eigenvalue weighted by atomic mass is 9.77. The van der Waals surface area contributed by atoms with Gasteiger partial charge in [0.1, 0.15) is 18.3 Å². The summed E-state index contributed by atoms with van der Waals surface area (Å²) in [6.07, 6.45) is -1.27. The van der Waals surface area contributed by atoms with Gasteiger partial charge in [-0.1, -0.05) is 0 Å². The van der Waals surface area contributed by atoms with Crippen LogP contribution in [0.15, 0.2) is 28.6 Å². The summed E-state index contributed by atoms with van der Waals surface area (Å²) in [5.41, 5.74) is 0.0179. The van der Waals surface area contributed by atoms with E-state index in [2.05, 4.69) is 15.3 Å². The number of thiazole rings is 1. The highest BCUT2D eigenvalue weighted by molar-refractivity contribution is 7.11. The van der Waals surface area contributed by atoms with Crippen LogP contribution >= 0.6 is 11.3 Å². The van der Waals surface area contributed by atoms with Gasteiger partial charge in [0.2, 0.25) is 0 Å². The molecular formula is C18H17F5N4OS. The molecule has 29 heavy (non-hydrogen) atoms. The SMILES string of the molecule is C[C@@]1(F)CC(F)(F)[C@@](C)(c2cc(NC(=O)c3nc(CF)cs3)ccc2F)N=C1N. The van der Waals surface area contributed by atoms with Crippen molar-refractivity contribution in [3.63, 3.8) is 0 Å². The molecule has 156 valence electrons. The number of amidine groups is 1. The second-order valence-corrected chi connectivity index (χ2v) is 7.93. The van der Waals surface area contributed by atoms with E-state index >= 15 is 0 Å². The number of benzene rings is 1. The zero-order valence-corrected chi connectivity index (χ0v) is 16.2. The first-order valence-electron chi connectivity index (χ1n) is 8.44. The van der Waals surface area contributed by atoms with Crippen LogP contribution in [0.2, 0.25) is 0 Å². The largest absolute Gasteiger partial charge is 0.385 e. The van der Waals surface area contributed by atoms with Crippen LogP contribution in [-0.4, -0.2) is 28.3 Å². The molecule has 1 amide bonds. The second-order valence-electron chi connectivity index (χ2n) is 7.07. The molecule has 0 fully saturated rings. The Morgan fingerprint density at radius 3 is 2.62 bits per heavy atom. The number of nitrogens with one attached hydrogen (secondary N) is 1. The van der Waals surface area contributed by atoms with Crippen molar-refractivity contribution in [2.75, 3.05) is 5.32 Å².